The highest BCUT2D eigenvalue weighted by atomic mass is 16.5. The maximum absolute atomic E-state index is 13.1. The van der Waals surface area contributed by atoms with Gasteiger partial charge >= 0.3 is 0 Å². The van der Waals surface area contributed by atoms with Gasteiger partial charge in [0, 0.05) is 66.1 Å². The van der Waals surface area contributed by atoms with Crippen molar-refractivity contribution in [2.45, 2.75) is 32.4 Å². The number of nitrogens with zero attached hydrogens (tertiary/aromatic N) is 3. The van der Waals surface area contributed by atoms with Crippen LogP contribution in [0.5, 0.6) is 11.5 Å². The average Bonchev–Trinajstić information content (AvgIpc) is 3.20. The number of pyridine rings is 1. The lowest BCUT2D eigenvalue weighted by Gasteiger charge is -2.34. The van der Waals surface area contributed by atoms with E-state index >= 15 is 0 Å². The summed E-state index contributed by atoms with van der Waals surface area (Å²) in [4.78, 5) is 22.0. The van der Waals surface area contributed by atoms with Crippen LogP contribution in [0.2, 0.25) is 0 Å². The number of nitrogens with one attached hydrogen (secondary N) is 2. The molecule has 3 heterocycles. The fourth-order valence-electron chi connectivity index (χ4n) is 4.99. The van der Waals surface area contributed by atoms with Gasteiger partial charge in [-0.25, -0.2) is 0 Å². The summed E-state index contributed by atoms with van der Waals surface area (Å²) < 4.78 is 6.12. The Bertz CT molecular complexity index is 1280. The van der Waals surface area contributed by atoms with Crippen molar-refractivity contribution in [3.63, 3.8) is 0 Å². The zero-order valence-electron chi connectivity index (χ0n) is 20.5. The third-order valence-electron chi connectivity index (χ3n) is 6.99. The highest BCUT2D eigenvalue weighted by Crippen LogP contribution is 2.33. The fraction of sp³-hybridized carbons (Fsp3) is 0.321. The summed E-state index contributed by atoms with van der Waals surface area (Å²) in [5, 5.41) is 11.1. The molecule has 7 heteroatoms. The van der Waals surface area contributed by atoms with Gasteiger partial charge in [0.25, 0.3) is 5.91 Å². The molecule has 0 spiro atoms. The van der Waals surface area contributed by atoms with E-state index in [4.69, 9.17) is 10.1 Å². The summed E-state index contributed by atoms with van der Waals surface area (Å²) in [5.41, 5.74) is 5.84. The van der Waals surface area contributed by atoms with E-state index in [9.17, 15) is 4.79 Å². The van der Waals surface area contributed by atoms with Crippen LogP contribution in [0.1, 0.15) is 41.3 Å². The first-order valence-electron chi connectivity index (χ1n) is 12.1. The Labute approximate surface area is 206 Å². The van der Waals surface area contributed by atoms with Crippen molar-refractivity contribution >= 4 is 17.3 Å². The lowest BCUT2D eigenvalue weighted by Crippen LogP contribution is -2.43. The summed E-state index contributed by atoms with van der Waals surface area (Å²) in [6.45, 7) is 4.50. The molecule has 0 aliphatic carbocycles. The van der Waals surface area contributed by atoms with Crippen LogP contribution < -0.4 is 10.1 Å². The number of carbonyl (C=O) groups is 1. The molecule has 2 aliphatic heterocycles. The van der Waals surface area contributed by atoms with E-state index < -0.39 is 0 Å². The Kier molecular flexibility index (Phi) is 6.26. The van der Waals surface area contributed by atoms with Crippen LogP contribution in [0.25, 0.3) is 11.3 Å². The molecule has 0 saturated carbocycles. The number of carbonyl (C=O) groups excluding carboxylic acids is 1. The molecule has 0 radical (unpaired) electrons. The summed E-state index contributed by atoms with van der Waals surface area (Å²) >= 11 is 0. The third kappa shape index (κ3) is 4.64. The Morgan fingerprint density at radius 3 is 2.60 bits per heavy atom. The van der Waals surface area contributed by atoms with E-state index in [1.807, 2.05) is 54.4 Å². The number of likely N-dealkylation sites (tertiary alicyclic amines) is 1. The molecule has 7 nitrogen and oxygen atoms in total. The number of hydrogen-bond donors (Lipinski definition) is 2. The van der Waals surface area contributed by atoms with Gasteiger partial charge in [0.15, 0.2) is 0 Å². The number of amides is 1. The van der Waals surface area contributed by atoms with Crippen molar-refractivity contribution in [1.82, 2.24) is 14.8 Å². The quantitative estimate of drug-likeness (QED) is 0.496. The predicted molar refractivity (Wildman–Crippen MR) is 139 cm³/mol. The van der Waals surface area contributed by atoms with E-state index in [1.54, 1.807) is 13.1 Å². The number of piperidine rings is 1. The number of rotatable bonds is 6. The minimum atomic E-state index is 0.148. The van der Waals surface area contributed by atoms with Crippen molar-refractivity contribution in [1.29, 1.82) is 5.41 Å². The summed E-state index contributed by atoms with van der Waals surface area (Å²) in [5.74, 6) is 1.51. The van der Waals surface area contributed by atoms with Gasteiger partial charge < -0.3 is 25.3 Å². The Morgan fingerprint density at radius 2 is 1.86 bits per heavy atom. The molecular weight excluding hydrogens is 438 g/mol. The van der Waals surface area contributed by atoms with E-state index in [1.165, 1.54) is 0 Å². The van der Waals surface area contributed by atoms with Gasteiger partial charge in [-0.3, -0.25) is 9.78 Å². The van der Waals surface area contributed by atoms with Gasteiger partial charge in [0.05, 0.1) is 5.69 Å². The van der Waals surface area contributed by atoms with E-state index in [0.717, 1.165) is 59.6 Å². The maximum Gasteiger partial charge on any atom is 0.254 e. The molecule has 1 saturated heterocycles. The van der Waals surface area contributed by atoms with Crippen LogP contribution in [0.4, 0.5) is 5.69 Å². The molecule has 1 fully saturated rings. The minimum Gasteiger partial charge on any atom is -0.457 e. The van der Waals surface area contributed by atoms with Crippen LogP contribution in [0.15, 0.2) is 54.7 Å². The van der Waals surface area contributed by atoms with Gasteiger partial charge in [-0.05, 0) is 75.8 Å². The highest BCUT2D eigenvalue weighted by molar-refractivity contribution is 6.01. The number of ether oxygens (including phenoxy) is 1. The van der Waals surface area contributed by atoms with Crippen LogP contribution >= 0.6 is 0 Å². The van der Waals surface area contributed by atoms with Crippen molar-refractivity contribution in [3.05, 3.63) is 71.4 Å². The van der Waals surface area contributed by atoms with Gasteiger partial charge in [-0.2, -0.15) is 0 Å². The smallest absolute Gasteiger partial charge is 0.254 e. The van der Waals surface area contributed by atoms with Crippen LogP contribution in [0.3, 0.4) is 0 Å². The lowest BCUT2D eigenvalue weighted by molar-refractivity contribution is 0.0617. The molecule has 2 aliphatic rings. The van der Waals surface area contributed by atoms with E-state index in [0.29, 0.717) is 29.8 Å². The van der Waals surface area contributed by atoms with Crippen LogP contribution in [-0.2, 0) is 6.54 Å². The third-order valence-corrected chi connectivity index (χ3v) is 6.99. The summed E-state index contributed by atoms with van der Waals surface area (Å²) in [6, 6.07) is 15.7. The average molecular weight is 470 g/mol. The van der Waals surface area contributed by atoms with E-state index in [2.05, 4.69) is 28.3 Å². The summed E-state index contributed by atoms with van der Waals surface area (Å²) in [6.07, 6.45) is 3.79. The monoisotopic (exact) mass is 469 g/mol. The molecule has 0 atom stereocenters. The molecule has 1 amide bonds. The number of fused-ring (bicyclic) bond motifs is 1. The van der Waals surface area contributed by atoms with Crippen molar-refractivity contribution in [2.24, 2.45) is 0 Å². The van der Waals surface area contributed by atoms with Crippen molar-refractivity contribution in [2.75, 3.05) is 32.5 Å². The van der Waals surface area contributed by atoms with Gasteiger partial charge in [0.1, 0.15) is 11.5 Å². The molecule has 3 aromatic rings. The minimum absolute atomic E-state index is 0.148. The fourth-order valence-corrected chi connectivity index (χ4v) is 4.99. The van der Waals surface area contributed by atoms with Gasteiger partial charge in [0.2, 0.25) is 0 Å². The standard InChI is InChI=1S/C28H31N5O2/c1-18(29)24-7-5-22(16-27(24)30-2)35-23-8-11-31-26(15-23)19-4-6-25-20(14-19)17-33(28(25)34)21-9-12-32(3)13-10-21/h4-8,11,14-16,21,29-30H,9-10,12-13,17H2,1-3H3. The number of hydrogen-bond acceptors (Lipinski definition) is 6. The maximum atomic E-state index is 13.1. The SMILES string of the molecule is CNc1cc(Oc2ccnc(-c3ccc4c(c3)CN(C3CCN(C)CC3)C4=O)c2)ccc1C(C)=N. The predicted octanol–water partition coefficient (Wildman–Crippen LogP) is 5.02. The Morgan fingerprint density at radius 1 is 1.09 bits per heavy atom. The van der Waals surface area contributed by atoms with Crippen LogP contribution in [-0.4, -0.2) is 59.6 Å². The number of benzene rings is 2. The molecule has 2 N–H and O–H groups in total. The molecule has 35 heavy (non-hydrogen) atoms. The zero-order valence-corrected chi connectivity index (χ0v) is 20.5. The van der Waals surface area contributed by atoms with Gasteiger partial charge in [-0.1, -0.05) is 6.07 Å². The molecule has 0 bridgehead atoms. The second kappa shape index (κ2) is 9.50. The molecule has 5 rings (SSSR count). The summed E-state index contributed by atoms with van der Waals surface area (Å²) in [7, 11) is 3.97. The van der Waals surface area contributed by atoms with Crippen LogP contribution in [0, 0.1) is 5.41 Å². The highest BCUT2D eigenvalue weighted by Gasteiger charge is 2.34. The zero-order chi connectivity index (χ0) is 24.5. The number of anilines is 1. The molecule has 2 aromatic carbocycles. The first-order valence-corrected chi connectivity index (χ1v) is 12.1. The molecule has 180 valence electrons. The number of aromatic nitrogens is 1. The molecular formula is C28H31N5O2. The van der Waals surface area contributed by atoms with Crippen molar-refractivity contribution < 1.29 is 9.53 Å². The second-order valence-electron chi connectivity index (χ2n) is 9.40. The van der Waals surface area contributed by atoms with E-state index in [-0.39, 0.29) is 5.91 Å². The van der Waals surface area contributed by atoms with Crippen molar-refractivity contribution in [3.8, 4) is 22.8 Å². The largest absolute Gasteiger partial charge is 0.457 e. The lowest BCUT2D eigenvalue weighted by atomic mass is 10.0. The Balaban J connectivity index is 1.35. The molecule has 1 aromatic heterocycles. The first-order chi connectivity index (χ1) is 16.9. The first kappa shape index (κ1) is 23.1. The van der Waals surface area contributed by atoms with Gasteiger partial charge in [-0.15, -0.1) is 0 Å². The molecule has 0 unspecified atom stereocenters. The second-order valence-corrected chi connectivity index (χ2v) is 9.40. The Hall–Kier alpha value is -3.71. The topological polar surface area (TPSA) is 81.6 Å². The normalized spacial score (nSPS) is 16.3.